The monoisotopic (exact) mass is 255 g/mol. The van der Waals surface area contributed by atoms with Gasteiger partial charge in [-0.15, -0.1) is 0 Å². The maximum absolute atomic E-state index is 11.9. The summed E-state index contributed by atoms with van der Waals surface area (Å²) >= 11 is 0. The molecule has 0 radical (unpaired) electrons. The topological polar surface area (TPSA) is 66.4 Å². The van der Waals surface area contributed by atoms with E-state index in [9.17, 15) is 14.7 Å². The first kappa shape index (κ1) is 15.0. The second-order valence-electron chi connectivity index (χ2n) is 6.84. The Bertz CT molecular complexity index is 324. The van der Waals surface area contributed by atoms with Crippen LogP contribution < -0.4 is 5.32 Å². The smallest absolute Gasteiger partial charge is 0.326 e. The Hall–Kier alpha value is -1.06. The first-order valence-corrected chi connectivity index (χ1v) is 6.68. The molecule has 0 spiro atoms. The van der Waals surface area contributed by atoms with Crippen LogP contribution >= 0.6 is 0 Å². The van der Waals surface area contributed by atoms with Gasteiger partial charge in [0, 0.05) is 5.41 Å². The van der Waals surface area contributed by atoms with E-state index in [0.717, 1.165) is 25.7 Å². The van der Waals surface area contributed by atoms with Crippen LogP contribution in [0.2, 0.25) is 0 Å². The fraction of sp³-hybridized carbons (Fsp3) is 0.857. The van der Waals surface area contributed by atoms with Gasteiger partial charge >= 0.3 is 5.97 Å². The molecule has 4 nitrogen and oxygen atoms in total. The summed E-state index contributed by atoms with van der Waals surface area (Å²) in [6.07, 6.45) is 4.97. The lowest BCUT2D eigenvalue weighted by atomic mass is 9.81. The summed E-state index contributed by atoms with van der Waals surface area (Å²) in [6.45, 7) is 7.49. The fourth-order valence-corrected chi connectivity index (χ4v) is 2.50. The average molecular weight is 255 g/mol. The molecule has 4 heteroatoms. The van der Waals surface area contributed by atoms with Crippen molar-refractivity contribution in [3.05, 3.63) is 0 Å². The minimum absolute atomic E-state index is 0.0637. The van der Waals surface area contributed by atoms with Gasteiger partial charge in [0.15, 0.2) is 0 Å². The molecule has 104 valence electrons. The van der Waals surface area contributed by atoms with Gasteiger partial charge in [-0.25, -0.2) is 4.79 Å². The van der Waals surface area contributed by atoms with Crippen molar-refractivity contribution in [2.75, 3.05) is 0 Å². The Morgan fingerprint density at radius 2 is 1.78 bits per heavy atom. The van der Waals surface area contributed by atoms with Crippen molar-refractivity contribution in [2.24, 2.45) is 10.8 Å². The largest absolute Gasteiger partial charge is 0.480 e. The van der Waals surface area contributed by atoms with Crippen molar-refractivity contribution in [2.45, 2.75) is 65.8 Å². The second-order valence-corrected chi connectivity index (χ2v) is 6.84. The molecule has 1 saturated carbocycles. The average Bonchev–Trinajstić information content (AvgIpc) is 2.62. The highest BCUT2D eigenvalue weighted by Gasteiger charge is 2.36. The highest BCUT2D eigenvalue weighted by Crippen LogP contribution is 2.41. The third-order valence-corrected chi connectivity index (χ3v) is 3.79. The van der Waals surface area contributed by atoms with Crippen LogP contribution in [0.5, 0.6) is 0 Å². The van der Waals surface area contributed by atoms with Gasteiger partial charge in [-0.3, -0.25) is 4.79 Å². The normalized spacial score (nSPS) is 20.4. The number of carbonyl (C=O) groups is 2. The summed E-state index contributed by atoms with van der Waals surface area (Å²) in [7, 11) is 0. The van der Waals surface area contributed by atoms with E-state index in [4.69, 9.17) is 0 Å². The van der Waals surface area contributed by atoms with Crippen LogP contribution in [0.4, 0.5) is 0 Å². The zero-order valence-corrected chi connectivity index (χ0v) is 11.9. The van der Waals surface area contributed by atoms with E-state index in [1.807, 2.05) is 0 Å². The quantitative estimate of drug-likeness (QED) is 0.811. The molecule has 1 fully saturated rings. The SMILES string of the molecule is CC1(C[C@H](NC(=O)C(C)(C)C)C(=O)O)CCCC1. The number of nitrogens with one attached hydrogen (secondary N) is 1. The van der Waals surface area contributed by atoms with E-state index < -0.39 is 17.4 Å². The molecular formula is C14H25NO3. The van der Waals surface area contributed by atoms with Crippen molar-refractivity contribution < 1.29 is 14.7 Å². The highest BCUT2D eigenvalue weighted by molar-refractivity contribution is 5.86. The molecule has 0 unspecified atom stereocenters. The fourth-order valence-electron chi connectivity index (χ4n) is 2.50. The van der Waals surface area contributed by atoms with E-state index in [-0.39, 0.29) is 11.3 Å². The molecule has 0 aromatic heterocycles. The number of amides is 1. The van der Waals surface area contributed by atoms with Gasteiger partial charge < -0.3 is 10.4 Å². The molecular weight excluding hydrogens is 230 g/mol. The van der Waals surface area contributed by atoms with Gasteiger partial charge in [0.25, 0.3) is 0 Å². The molecule has 0 heterocycles. The molecule has 0 saturated heterocycles. The number of aliphatic carboxylic acids is 1. The van der Waals surface area contributed by atoms with Crippen molar-refractivity contribution in [1.82, 2.24) is 5.32 Å². The number of hydrogen-bond acceptors (Lipinski definition) is 2. The molecule has 0 aromatic rings. The summed E-state index contributed by atoms with van der Waals surface area (Å²) in [5, 5.41) is 11.9. The molecule has 0 aromatic carbocycles. The Balaban J connectivity index is 2.66. The van der Waals surface area contributed by atoms with Gasteiger partial charge in [-0.1, -0.05) is 40.5 Å². The maximum Gasteiger partial charge on any atom is 0.326 e. The van der Waals surface area contributed by atoms with Crippen LogP contribution in [0, 0.1) is 10.8 Å². The summed E-state index contributed by atoms with van der Waals surface area (Å²) in [5.41, 5.74) is -0.488. The zero-order chi connectivity index (χ0) is 14.0. The molecule has 18 heavy (non-hydrogen) atoms. The maximum atomic E-state index is 11.9. The Labute approximate surface area is 109 Å². The third-order valence-electron chi connectivity index (χ3n) is 3.79. The summed E-state index contributed by atoms with van der Waals surface area (Å²) in [6, 6.07) is -0.764. The number of rotatable bonds is 4. The van der Waals surface area contributed by atoms with Crippen LogP contribution in [0.1, 0.15) is 59.8 Å². The summed E-state index contributed by atoms with van der Waals surface area (Å²) in [4.78, 5) is 23.2. The van der Waals surface area contributed by atoms with Gasteiger partial charge in [0.2, 0.25) is 5.91 Å². The Morgan fingerprint density at radius 1 is 1.28 bits per heavy atom. The van der Waals surface area contributed by atoms with Crippen LogP contribution in [0.25, 0.3) is 0 Å². The molecule has 1 amide bonds. The van der Waals surface area contributed by atoms with Crippen molar-refractivity contribution in [3.8, 4) is 0 Å². The molecule has 1 aliphatic carbocycles. The van der Waals surface area contributed by atoms with E-state index in [2.05, 4.69) is 12.2 Å². The van der Waals surface area contributed by atoms with Crippen LogP contribution in [-0.2, 0) is 9.59 Å². The summed E-state index contributed by atoms with van der Waals surface area (Å²) in [5.74, 6) is -1.13. The second kappa shape index (κ2) is 5.29. The van der Waals surface area contributed by atoms with Crippen LogP contribution in [-0.4, -0.2) is 23.0 Å². The lowest BCUT2D eigenvalue weighted by Gasteiger charge is -2.29. The Kier molecular flexibility index (Phi) is 4.41. The third kappa shape index (κ3) is 4.00. The molecule has 1 atom stereocenters. The first-order chi connectivity index (χ1) is 8.14. The summed E-state index contributed by atoms with van der Waals surface area (Å²) < 4.78 is 0. The predicted octanol–water partition coefficient (Wildman–Crippen LogP) is 2.57. The number of carboxylic acid groups (broad SMARTS) is 1. The predicted molar refractivity (Wildman–Crippen MR) is 70.2 cm³/mol. The van der Waals surface area contributed by atoms with Gasteiger partial charge in [0.05, 0.1) is 0 Å². The lowest BCUT2D eigenvalue weighted by molar-refractivity contribution is -0.144. The van der Waals surface area contributed by atoms with Gasteiger partial charge in [0.1, 0.15) is 6.04 Å². The van der Waals surface area contributed by atoms with Crippen LogP contribution in [0.3, 0.4) is 0 Å². The number of hydrogen-bond donors (Lipinski definition) is 2. The number of carboxylic acids is 1. The van der Waals surface area contributed by atoms with Gasteiger partial charge in [-0.2, -0.15) is 0 Å². The van der Waals surface area contributed by atoms with E-state index in [1.165, 1.54) is 0 Å². The standard InChI is InChI=1S/C14H25NO3/c1-13(2,3)12(18)15-10(11(16)17)9-14(4)7-5-6-8-14/h10H,5-9H2,1-4H3,(H,15,18)(H,16,17)/t10-/m0/s1. The Morgan fingerprint density at radius 3 is 2.17 bits per heavy atom. The highest BCUT2D eigenvalue weighted by atomic mass is 16.4. The lowest BCUT2D eigenvalue weighted by Crippen LogP contribution is -2.47. The first-order valence-electron chi connectivity index (χ1n) is 6.68. The molecule has 0 bridgehead atoms. The molecule has 1 rings (SSSR count). The minimum atomic E-state index is -0.930. The van der Waals surface area contributed by atoms with E-state index >= 15 is 0 Å². The molecule has 1 aliphatic rings. The molecule has 2 N–H and O–H groups in total. The van der Waals surface area contributed by atoms with E-state index in [0.29, 0.717) is 6.42 Å². The minimum Gasteiger partial charge on any atom is -0.480 e. The van der Waals surface area contributed by atoms with Crippen molar-refractivity contribution >= 4 is 11.9 Å². The van der Waals surface area contributed by atoms with E-state index in [1.54, 1.807) is 20.8 Å². The van der Waals surface area contributed by atoms with Crippen molar-refractivity contribution in [3.63, 3.8) is 0 Å². The zero-order valence-electron chi connectivity index (χ0n) is 11.9. The van der Waals surface area contributed by atoms with Crippen LogP contribution in [0.15, 0.2) is 0 Å². The molecule has 0 aliphatic heterocycles. The van der Waals surface area contributed by atoms with Gasteiger partial charge in [-0.05, 0) is 24.7 Å². The number of carbonyl (C=O) groups excluding carboxylic acids is 1. The van der Waals surface area contributed by atoms with Crippen molar-refractivity contribution in [1.29, 1.82) is 0 Å².